The van der Waals surface area contributed by atoms with E-state index in [1.165, 1.54) is 41.8 Å². The molecule has 0 radical (unpaired) electrons. The molecule has 0 saturated carbocycles. The van der Waals surface area contributed by atoms with Crippen LogP contribution in [-0.4, -0.2) is 19.4 Å². The lowest BCUT2D eigenvalue weighted by molar-refractivity contribution is 0.253. The first kappa shape index (κ1) is 22.0. The lowest BCUT2D eigenvalue weighted by Crippen LogP contribution is -2.34. The second kappa shape index (κ2) is 9.12. The number of nitrogens with one attached hydrogen (secondary N) is 2. The van der Waals surface area contributed by atoms with Crippen LogP contribution in [0.2, 0.25) is 0 Å². The second-order valence-electron chi connectivity index (χ2n) is 6.87. The van der Waals surface area contributed by atoms with Crippen LogP contribution in [0.15, 0.2) is 83.2 Å². The Morgan fingerprint density at radius 2 is 1.79 bits per heavy atom. The summed E-state index contributed by atoms with van der Waals surface area (Å²) < 4.78 is 25.6. The number of carbonyl (C=O) groups excluding carboxylic acids is 1. The van der Waals surface area contributed by atoms with E-state index >= 15 is 0 Å². The van der Waals surface area contributed by atoms with Crippen molar-refractivity contribution in [3.63, 3.8) is 0 Å². The van der Waals surface area contributed by atoms with Crippen molar-refractivity contribution in [1.82, 2.24) is 9.71 Å². The fraction of sp³-hybridized carbons (Fsp3) is 0. The molecule has 4 N–H and O–H groups in total. The van der Waals surface area contributed by atoms with E-state index in [0.29, 0.717) is 16.3 Å². The first-order chi connectivity index (χ1) is 15.9. The quantitative estimate of drug-likeness (QED) is 0.356. The van der Waals surface area contributed by atoms with Gasteiger partial charge in [0, 0.05) is 22.8 Å². The number of hydrogen-bond donors (Lipinski definition) is 3. The van der Waals surface area contributed by atoms with E-state index in [4.69, 9.17) is 5.73 Å². The van der Waals surface area contributed by atoms with Crippen LogP contribution in [-0.2, 0) is 10.0 Å². The molecule has 4 rings (SSSR count). The number of carbonyl (C=O) groups is 1. The Morgan fingerprint density at radius 1 is 1.06 bits per heavy atom. The van der Waals surface area contributed by atoms with E-state index in [1.807, 2.05) is 47.8 Å². The zero-order valence-electron chi connectivity index (χ0n) is 17.0. The van der Waals surface area contributed by atoms with Gasteiger partial charge in [0.2, 0.25) is 0 Å². The van der Waals surface area contributed by atoms with Crippen molar-refractivity contribution in [1.29, 1.82) is 5.26 Å². The minimum absolute atomic E-state index is 0.115. The van der Waals surface area contributed by atoms with Gasteiger partial charge in [-0.3, -0.25) is 0 Å². The number of amides is 2. The molecular weight excluding hydrogens is 458 g/mol. The van der Waals surface area contributed by atoms with Gasteiger partial charge in [-0.15, -0.1) is 11.3 Å². The van der Waals surface area contributed by atoms with Crippen LogP contribution in [0.4, 0.5) is 10.5 Å². The number of thiazole rings is 1. The molecule has 0 aliphatic rings. The molecule has 10 heteroatoms. The minimum Gasteiger partial charge on any atom is -0.360 e. The van der Waals surface area contributed by atoms with Gasteiger partial charge in [0.25, 0.3) is 10.0 Å². The number of aromatic nitrogens is 1. The van der Waals surface area contributed by atoms with E-state index in [-0.39, 0.29) is 4.90 Å². The highest BCUT2D eigenvalue weighted by atomic mass is 32.2. The molecule has 1 aromatic heterocycles. The highest BCUT2D eigenvalue weighted by Gasteiger charge is 2.15. The first-order valence-electron chi connectivity index (χ1n) is 9.60. The molecule has 0 fully saturated rings. The number of nitrogens with two attached hydrogens (primary N) is 1. The maximum atomic E-state index is 12.0. The number of rotatable bonds is 6. The highest BCUT2D eigenvalue weighted by molar-refractivity contribution is 7.90. The topological polar surface area (TPSA) is 138 Å². The van der Waals surface area contributed by atoms with Gasteiger partial charge in [0.1, 0.15) is 16.6 Å². The maximum absolute atomic E-state index is 12.0. The fourth-order valence-corrected chi connectivity index (χ4v) is 4.85. The Bertz CT molecular complexity index is 1510. The Kier molecular flexibility index (Phi) is 6.08. The molecule has 0 unspecified atom stereocenters. The normalized spacial score (nSPS) is 11.7. The Labute approximate surface area is 194 Å². The van der Waals surface area contributed by atoms with Gasteiger partial charge in [-0.1, -0.05) is 42.5 Å². The van der Waals surface area contributed by atoms with Crippen molar-refractivity contribution in [2.75, 3.05) is 5.32 Å². The number of primary amides is 1. The zero-order valence-corrected chi connectivity index (χ0v) is 18.7. The van der Waals surface area contributed by atoms with Gasteiger partial charge in [-0.05, 0) is 35.0 Å². The van der Waals surface area contributed by atoms with Crippen molar-refractivity contribution in [2.45, 2.75) is 4.90 Å². The number of sulfonamides is 1. The van der Waals surface area contributed by atoms with Crippen LogP contribution >= 0.6 is 11.3 Å². The molecule has 8 nitrogen and oxygen atoms in total. The summed E-state index contributed by atoms with van der Waals surface area (Å²) in [6, 6.07) is 20.7. The van der Waals surface area contributed by atoms with E-state index in [0.717, 1.165) is 22.0 Å². The molecule has 3 aromatic carbocycles. The summed E-state index contributed by atoms with van der Waals surface area (Å²) in [5, 5.41) is 17.2. The number of allylic oxidation sites excluding steroid dienone is 1. The number of nitriles is 1. The Balaban J connectivity index is 1.55. The third-order valence-corrected chi connectivity index (χ3v) is 6.94. The number of nitrogens with zero attached hydrogens (tertiary/aromatic N) is 2. The highest BCUT2D eigenvalue weighted by Crippen LogP contribution is 2.31. The van der Waals surface area contributed by atoms with Crippen LogP contribution in [0.3, 0.4) is 0 Å². The largest absolute Gasteiger partial charge is 0.360 e. The van der Waals surface area contributed by atoms with Crippen LogP contribution in [0.1, 0.15) is 5.01 Å². The standard InChI is InChI=1S/C23H17N5O3S2/c24-12-16(13-26-17-8-10-18(11-9-17)33(30,31)28-23(25)29)22-27-21(14-32-22)20-7-3-5-15-4-1-2-6-19(15)20/h1-11,13-14,26H,(H3,25,28,29). The van der Waals surface area contributed by atoms with E-state index in [9.17, 15) is 18.5 Å². The summed E-state index contributed by atoms with van der Waals surface area (Å²) in [4.78, 5) is 15.4. The molecule has 1 heterocycles. The Morgan fingerprint density at radius 3 is 2.52 bits per heavy atom. The molecule has 164 valence electrons. The van der Waals surface area contributed by atoms with Gasteiger partial charge in [0.05, 0.1) is 10.6 Å². The molecule has 0 spiro atoms. The molecule has 0 aliphatic carbocycles. The zero-order chi connectivity index (χ0) is 23.4. The monoisotopic (exact) mass is 475 g/mol. The molecule has 0 saturated heterocycles. The van der Waals surface area contributed by atoms with Gasteiger partial charge < -0.3 is 11.1 Å². The molecule has 0 bridgehead atoms. The van der Waals surface area contributed by atoms with Gasteiger partial charge in [-0.2, -0.15) is 5.26 Å². The van der Waals surface area contributed by atoms with E-state index in [2.05, 4.69) is 16.4 Å². The van der Waals surface area contributed by atoms with E-state index in [1.54, 1.807) is 4.72 Å². The number of anilines is 1. The molecule has 2 amide bonds. The van der Waals surface area contributed by atoms with Crippen LogP contribution in [0, 0.1) is 11.3 Å². The van der Waals surface area contributed by atoms with Gasteiger partial charge in [0.15, 0.2) is 0 Å². The minimum atomic E-state index is -4.02. The van der Waals surface area contributed by atoms with Crippen molar-refractivity contribution in [3.05, 3.63) is 83.3 Å². The average molecular weight is 476 g/mol. The second-order valence-corrected chi connectivity index (χ2v) is 9.41. The fourth-order valence-electron chi connectivity index (χ4n) is 3.19. The summed E-state index contributed by atoms with van der Waals surface area (Å²) >= 11 is 1.36. The predicted octanol–water partition coefficient (Wildman–Crippen LogP) is 4.30. The van der Waals surface area contributed by atoms with Crippen LogP contribution in [0.25, 0.3) is 27.6 Å². The van der Waals surface area contributed by atoms with Crippen molar-refractivity contribution in [2.24, 2.45) is 5.73 Å². The first-order valence-corrected chi connectivity index (χ1v) is 12.0. The Hall–Kier alpha value is -4.20. The molecule has 0 aliphatic heterocycles. The predicted molar refractivity (Wildman–Crippen MR) is 129 cm³/mol. The average Bonchev–Trinajstić information content (AvgIpc) is 3.28. The van der Waals surface area contributed by atoms with Crippen molar-refractivity contribution < 1.29 is 13.2 Å². The number of benzene rings is 3. The molecule has 0 atom stereocenters. The summed E-state index contributed by atoms with van der Waals surface area (Å²) in [6.45, 7) is 0. The number of urea groups is 1. The van der Waals surface area contributed by atoms with Crippen molar-refractivity contribution >= 4 is 49.4 Å². The summed E-state index contributed by atoms with van der Waals surface area (Å²) in [7, 11) is -4.02. The van der Waals surface area contributed by atoms with Gasteiger partial charge in [-0.25, -0.2) is 22.9 Å². The SMILES string of the molecule is N#CC(=CNc1ccc(S(=O)(=O)NC(N)=O)cc1)c1nc(-c2cccc3ccccc23)cs1. The summed E-state index contributed by atoms with van der Waals surface area (Å²) in [5.41, 5.74) is 7.53. The molecular formula is C23H17N5O3S2. The lowest BCUT2D eigenvalue weighted by Gasteiger charge is -2.06. The van der Waals surface area contributed by atoms with Crippen molar-refractivity contribution in [3.8, 4) is 17.3 Å². The summed E-state index contributed by atoms with van der Waals surface area (Å²) in [6.07, 6.45) is 1.51. The number of hydrogen-bond acceptors (Lipinski definition) is 7. The third-order valence-electron chi connectivity index (χ3n) is 4.70. The molecule has 4 aromatic rings. The van der Waals surface area contributed by atoms with Crippen LogP contribution < -0.4 is 15.8 Å². The van der Waals surface area contributed by atoms with E-state index < -0.39 is 16.1 Å². The van der Waals surface area contributed by atoms with Gasteiger partial charge >= 0.3 is 6.03 Å². The summed E-state index contributed by atoms with van der Waals surface area (Å²) in [5.74, 6) is 0. The third kappa shape index (κ3) is 4.85. The maximum Gasteiger partial charge on any atom is 0.326 e. The number of fused-ring (bicyclic) bond motifs is 1. The smallest absolute Gasteiger partial charge is 0.326 e. The molecule has 33 heavy (non-hydrogen) atoms. The van der Waals surface area contributed by atoms with Crippen LogP contribution in [0.5, 0.6) is 0 Å². The lowest BCUT2D eigenvalue weighted by atomic mass is 10.0.